The van der Waals surface area contributed by atoms with Crippen molar-refractivity contribution in [3.63, 3.8) is 0 Å². The van der Waals surface area contributed by atoms with Gasteiger partial charge < -0.3 is 9.47 Å². The standard InChI is InChI=1S/C9H12O2.C2H6/c1-7-6-10-8-4-2-3-5-9(8)11-7;1-2/h2-5,7-9H,6H2,1H3;1-2H3. The molecule has 1 aliphatic heterocycles. The van der Waals surface area contributed by atoms with Crippen LogP contribution < -0.4 is 0 Å². The summed E-state index contributed by atoms with van der Waals surface area (Å²) < 4.78 is 11.2. The fraction of sp³-hybridized carbons (Fsp3) is 0.636. The van der Waals surface area contributed by atoms with Gasteiger partial charge >= 0.3 is 0 Å². The van der Waals surface area contributed by atoms with E-state index in [4.69, 9.17) is 9.47 Å². The lowest BCUT2D eigenvalue weighted by Gasteiger charge is -2.33. The van der Waals surface area contributed by atoms with Crippen molar-refractivity contribution in [2.45, 2.75) is 39.1 Å². The third-order valence-electron chi connectivity index (χ3n) is 1.95. The van der Waals surface area contributed by atoms with Crippen molar-refractivity contribution in [2.75, 3.05) is 6.61 Å². The fourth-order valence-corrected chi connectivity index (χ4v) is 1.39. The van der Waals surface area contributed by atoms with Crippen LogP contribution in [0.3, 0.4) is 0 Å². The lowest BCUT2D eigenvalue weighted by Crippen LogP contribution is -2.40. The molecule has 2 aliphatic rings. The molecule has 0 bridgehead atoms. The molecule has 0 saturated carbocycles. The fourth-order valence-electron chi connectivity index (χ4n) is 1.39. The second-order valence-corrected chi connectivity index (χ2v) is 2.98. The quantitative estimate of drug-likeness (QED) is 0.572. The van der Waals surface area contributed by atoms with Gasteiger partial charge in [0.2, 0.25) is 0 Å². The first-order chi connectivity index (χ1) is 6.36. The van der Waals surface area contributed by atoms with E-state index in [1.807, 2.05) is 45.1 Å². The van der Waals surface area contributed by atoms with Gasteiger partial charge in [0.15, 0.2) is 0 Å². The van der Waals surface area contributed by atoms with Gasteiger partial charge in [-0.2, -0.15) is 0 Å². The maximum Gasteiger partial charge on any atom is 0.106 e. The molecule has 1 saturated heterocycles. The van der Waals surface area contributed by atoms with E-state index >= 15 is 0 Å². The molecule has 3 atom stereocenters. The lowest BCUT2D eigenvalue weighted by molar-refractivity contribution is -0.141. The highest BCUT2D eigenvalue weighted by Gasteiger charge is 2.27. The van der Waals surface area contributed by atoms with Crippen LogP contribution in [0.25, 0.3) is 0 Å². The molecule has 1 fully saturated rings. The van der Waals surface area contributed by atoms with Gasteiger partial charge in [0.25, 0.3) is 0 Å². The summed E-state index contributed by atoms with van der Waals surface area (Å²) in [5.74, 6) is 0. The highest BCUT2D eigenvalue weighted by atomic mass is 16.6. The van der Waals surface area contributed by atoms with Gasteiger partial charge in [0.1, 0.15) is 12.2 Å². The van der Waals surface area contributed by atoms with Gasteiger partial charge in [-0.15, -0.1) is 0 Å². The van der Waals surface area contributed by atoms with E-state index in [-0.39, 0.29) is 18.3 Å². The second kappa shape index (κ2) is 5.20. The van der Waals surface area contributed by atoms with Crippen LogP contribution >= 0.6 is 0 Å². The Labute approximate surface area is 80.2 Å². The average Bonchev–Trinajstić information content (AvgIpc) is 2.21. The van der Waals surface area contributed by atoms with Crippen molar-refractivity contribution in [2.24, 2.45) is 0 Å². The number of allylic oxidation sites excluding steroid dienone is 2. The minimum Gasteiger partial charge on any atom is -0.368 e. The maximum atomic E-state index is 5.63. The van der Waals surface area contributed by atoms with Gasteiger partial charge in [0.05, 0.1) is 12.7 Å². The van der Waals surface area contributed by atoms with E-state index in [1.165, 1.54) is 0 Å². The lowest BCUT2D eigenvalue weighted by atomic mass is 10.1. The largest absolute Gasteiger partial charge is 0.368 e. The summed E-state index contributed by atoms with van der Waals surface area (Å²) in [6.07, 6.45) is 8.60. The van der Waals surface area contributed by atoms with E-state index < -0.39 is 0 Å². The van der Waals surface area contributed by atoms with Gasteiger partial charge in [-0.1, -0.05) is 38.2 Å². The Morgan fingerprint density at radius 3 is 2.38 bits per heavy atom. The second-order valence-electron chi connectivity index (χ2n) is 2.98. The zero-order chi connectivity index (χ0) is 9.68. The van der Waals surface area contributed by atoms with E-state index in [9.17, 15) is 0 Å². The zero-order valence-electron chi connectivity index (χ0n) is 8.57. The number of hydrogen-bond donors (Lipinski definition) is 0. The number of ether oxygens (including phenoxy) is 2. The Hall–Kier alpha value is -0.600. The van der Waals surface area contributed by atoms with Gasteiger partial charge in [-0.25, -0.2) is 0 Å². The molecule has 74 valence electrons. The summed E-state index contributed by atoms with van der Waals surface area (Å²) in [5.41, 5.74) is 0. The summed E-state index contributed by atoms with van der Waals surface area (Å²) in [5, 5.41) is 0. The molecule has 2 nitrogen and oxygen atoms in total. The van der Waals surface area contributed by atoms with Crippen molar-refractivity contribution in [1.82, 2.24) is 0 Å². The Morgan fingerprint density at radius 2 is 1.69 bits per heavy atom. The molecule has 0 radical (unpaired) electrons. The van der Waals surface area contributed by atoms with Crippen LogP contribution in [0.2, 0.25) is 0 Å². The van der Waals surface area contributed by atoms with E-state index in [0.717, 1.165) is 0 Å². The maximum absolute atomic E-state index is 5.63. The van der Waals surface area contributed by atoms with Crippen molar-refractivity contribution in [3.05, 3.63) is 24.3 Å². The van der Waals surface area contributed by atoms with Crippen LogP contribution in [0.15, 0.2) is 24.3 Å². The molecule has 0 aromatic heterocycles. The van der Waals surface area contributed by atoms with E-state index in [1.54, 1.807) is 0 Å². The van der Waals surface area contributed by atoms with E-state index in [2.05, 4.69) is 0 Å². The van der Waals surface area contributed by atoms with Crippen molar-refractivity contribution < 1.29 is 9.47 Å². The minimum atomic E-state index is 0.142. The Kier molecular flexibility index (Phi) is 4.19. The minimum absolute atomic E-state index is 0.142. The van der Waals surface area contributed by atoms with Crippen molar-refractivity contribution in [3.8, 4) is 0 Å². The highest BCUT2D eigenvalue weighted by molar-refractivity contribution is 5.17. The molecule has 3 unspecified atom stereocenters. The number of fused-ring (bicyclic) bond motifs is 1. The monoisotopic (exact) mass is 182 g/mol. The van der Waals surface area contributed by atoms with Crippen molar-refractivity contribution >= 4 is 0 Å². The molecule has 1 heterocycles. The summed E-state index contributed by atoms with van der Waals surface area (Å²) in [4.78, 5) is 0. The van der Waals surface area contributed by atoms with Crippen LogP contribution in [-0.2, 0) is 9.47 Å². The molecular formula is C11H18O2. The summed E-state index contributed by atoms with van der Waals surface area (Å²) >= 11 is 0. The summed E-state index contributed by atoms with van der Waals surface area (Å²) in [6, 6.07) is 0. The van der Waals surface area contributed by atoms with E-state index in [0.29, 0.717) is 6.61 Å². The highest BCUT2D eigenvalue weighted by Crippen LogP contribution is 2.19. The smallest absolute Gasteiger partial charge is 0.106 e. The molecule has 2 heteroatoms. The average molecular weight is 182 g/mol. The first kappa shape index (κ1) is 10.5. The molecule has 0 spiro atoms. The molecule has 0 N–H and O–H groups in total. The zero-order valence-corrected chi connectivity index (χ0v) is 8.57. The Balaban J connectivity index is 0.000000396. The first-order valence-corrected chi connectivity index (χ1v) is 4.98. The van der Waals surface area contributed by atoms with Crippen LogP contribution in [-0.4, -0.2) is 24.9 Å². The van der Waals surface area contributed by atoms with Crippen LogP contribution in [0.4, 0.5) is 0 Å². The predicted octanol–water partition coefficient (Wildman–Crippen LogP) is 2.31. The first-order valence-electron chi connectivity index (χ1n) is 4.98. The van der Waals surface area contributed by atoms with Crippen LogP contribution in [0.5, 0.6) is 0 Å². The van der Waals surface area contributed by atoms with Gasteiger partial charge in [-0.3, -0.25) is 0 Å². The summed E-state index contributed by atoms with van der Waals surface area (Å²) in [6.45, 7) is 6.74. The third-order valence-corrected chi connectivity index (χ3v) is 1.95. The third kappa shape index (κ3) is 2.68. The van der Waals surface area contributed by atoms with Crippen molar-refractivity contribution in [1.29, 1.82) is 0 Å². The summed E-state index contributed by atoms with van der Waals surface area (Å²) in [7, 11) is 0. The molecular weight excluding hydrogens is 164 g/mol. The van der Waals surface area contributed by atoms with Gasteiger partial charge in [-0.05, 0) is 6.92 Å². The van der Waals surface area contributed by atoms with Gasteiger partial charge in [0, 0.05) is 0 Å². The Bertz CT molecular complexity index is 196. The number of rotatable bonds is 0. The predicted molar refractivity (Wildman–Crippen MR) is 53.7 cm³/mol. The molecule has 0 amide bonds. The number of hydrogen-bond acceptors (Lipinski definition) is 2. The topological polar surface area (TPSA) is 18.5 Å². The molecule has 1 aliphatic carbocycles. The molecule has 13 heavy (non-hydrogen) atoms. The normalized spacial score (nSPS) is 36.1. The molecule has 2 rings (SSSR count). The Morgan fingerprint density at radius 1 is 1.08 bits per heavy atom. The SMILES string of the molecule is CC.CC1COC2C=CC=CC2O1. The molecule has 0 aromatic carbocycles. The van der Waals surface area contributed by atoms with Crippen LogP contribution in [0.1, 0.15) is 20.8 Å². The molecule has 0 aromatic rings. The van der Waals surface area contributed by atoms with Crippen LogP contribution in [0, 0.1) is 0 Å².